The number of hydrogen-bond acceptors (Lipinski definition) is 5. The van der Waals surface area contributed by atoms with E-state index in [4.69, 9.17) is 9.84 Å². The average molecular weight is 244 g/mol. The first kappa shape index (κ1) is 13.2. The minimum absolute atomic E-state index is 0.0375. The molecule has 0 aliphatic heterocycles. The summed E-state index contributed by atoms with van der Waals surface area (Å²) < 4.78 is 18.3. The highest BCUT2D eigenvalue weighted by molar-refractivity contribution is 5.59. The molecule has 0 bridgehead atoms. The van der Waals surface area contributed by atoms with Crippen molar-refractivity contribution in [2.75, 3.05) is 19.0 Å². The summed E-state index contributed by atoms with van der Waals surface area (Å²) in [6.07, 6.45) is -0.657. The minimum atomic E-state index is -0.766. The van der Waals surface area contributed by atoms with Gasteiger partial charge in [-0.3, -0.25) is 10.1 Å². The van der Waals surface area contributed by atoms with Crippen molar-refractivity contribution in [1.29, 1.82) is 0 Å². The monoisotopic (exact) mass is 244 g/mol. The maximum atomic E-state index is 13.5. The molecule has 0 aliphatic rings. The Bertz CT molecular complexity index is 423. The zero-order chi connectivity index (χ0) is 13.0. The Morgan fingerprint density at radius 2 is 2.29 bits per heavy atom. The van der Waals surface area contributed by atoms with Crippen LogP contribution in [0.5, 0.6) is 5.75 Å². The Balaban J connectivity index is 3.04. The van der Waals surface area contributed by atoms with Gasteiger partial charge in [-0.1, -0.05) is 0 Å². The van der Waals surface area contributed by atoms with Gasteiger partial charge in [-0.25, -0.2) is 4.39 Å². The lowest BCUT2D eigenvalue weighted by molar-refractivity contribution is -0.385. The van der Waals surface area contributed by atoms with Gasteiger partial charge in [-0.05, 0) is 6.92 Å². The highest BCUT2D eigenvalue weighted by Gasteiger charge is 2.19. The molecule has 0 radical (unpaired) electrons. The van der Waals surface area contributed by atoms with Crippen molar-refractivity contribution in [3.8, 4) is 5.75 Å². The first-order chi connectivity index (χ1) is 7.95. The van der Waals surface area contributed by atoms with E-state index in [1.807, 2.05) is 0 Å². The van der Waals surface area contributed by atoms with Crippen molar-refractivity contribution < 1.29 is 19.2 Å². The van der Waals surface area contributed by atoms with Gasteiger partial charge >= 0.3 is 5.69 Å². The van der Waals surface area contributed by atoms with Crippen molar-refractivity contribution in [3.63, 3.8) is 0 Å². The van der Waals surface area contributed by atoms with Crippen LogP contribution in [0.1, 0.15) is 6.92 Å². The number of hydrogen-bond donors (Lipinski definition) is 2. The first-order valence-corrected chi connectivity index (χ1v) is 4.89. The van der Waals surface area contributed by atoms with Crippen molar-refractivity contribution in [1.82, 2.24) is 0 Å². The molecule has 7 heteroatoms. The number of nitrogens with one attached hydrogen (secondary N) is 1. The summed E-state index contributed by atoms with van der Waals surface area (Å²) in [6.45, 7) is 1.67. The van der Waals surface area contributed by atoms with Gasteiger partial charge in [0.05, 0.1) is 29.9 Å². The number of rotatable bonds is 5. The Hall–Kier alpha value is -1.89. The summed E-state index contributed by atoms with van der Waals surface area (Å²) in [7, 11) is 1.26. The molecule has 1 atom stereocenters. The third-order valence-corrected chi connectivity index (χ3v) is 2.05. The van der Waals surface area contributed by atoms with Gasteiger partial charge in [0.2, 0.25) is 0 Å². The summed E-state index contributed by atoms with van der Waals surface area (Å²) in [5.41, 5.74) is -0.388. The molecule has 2 N–H and O–H groups in total. The number of anilines is 1. The van der Waals surface area contributed by atoms with E-state index in [9.17, 15) is 14.5 Å². The minimum Gasteiger partial charge on any atom is -0.490 e. The summed E-state index contributed by atoms with van der Waals surface area (Å²) >= 11 is 0. The lowest BCUT2D eigenvalue weighted by Crippen LogP contribution is -2.16. The quantitative estimate of drug-likeness (QED) is 0.606. The van der Waals surface area contributed by atoms with Crippen molar-refractivity contribution in [2.24, 2.45) is 0 Å². The van der Waals surface area contributed by atoms with Gasteiger partial charge in [-0.15, -0.1) is 0 Å². The van der Waals surface area contributed by atoms with E-state index in [1.165, 1.54) is 20.1 Å². The molecule has 1 unspecified atom stereocenters. The van der Waals surface area contributed by atoms with E-state index in [0.29, 0.717) is 0 Å². The van der Waals surface area contributed by atoms with Crippen LogP contribution in [-0.2, 0) is 0 Å². The molecule has 17 heavy (non-hydrogen) atoms. The van der Waals surface area contributed by atoms with Crippen LogP contribution in [-0.4, -0.2) is 29.8 Å². The normalized spacial score (nSPS) is 12.0. The number of nitro benzene ring substituents is 1. The number of aliphatic hydroxyl groups excluding tert-OH is 1. The molecule has 0 fully saturated rings. The van der Waals surface area contributed by atoms with Crippen LogP contribution in [0.15, 0.2) is 12.1 Å². The molecule has 0 amide bonds. The fourth-order valence-corrected chi connectivity index (χ4v) is 1.24. The highest BCUT2D eigenvalue weighted by Crippen LogP contribution is 2.32. The second kappa shape index (κ2) is 5.44. The zero-order valence-corrected chi connectivity index (χ0v) is 9.44. The number of ether oxygens (including phenoxy) is 1. The van der Waals surface area contributed by atoms with Gasteiger partial charge in [0.25, 0.3) is 0 Å². The van der Waals surface area contributed by atoms with E-state index >= 15 is 0 Å². The van der Waals surface area contributed by atoms with E-state index in [2.05, 4.69) is 5.32 Å². The SMILES string of the molecule is COc1cc(NCC(C)O)c(F)cc1[N+](=O)[O-]. The maximum absolute atomic E-state index is 13.5. The van der Waals surface area contributed by atoms with Crippen LogP contribution >= 0.6 is 0 Å². The molecule has 0 aromatic heterocycles. The van der Waals surface area contributed by atoms with Crippen LogP contribution in [0.4, 0.5) is 15.8 Å². The molecule has 0 aliphatic carbocycles. The third-order valence-electron chi connectivity index (χ3n) is 2.05. The number of aliphatic hydroxyl groups is 1. The van der Waals surface area contributed by atoms with E-state index in [1.54, 1.807) is 0 Å². The Kier molecular flexibility index (Phi) is 4.22. The predicted molar refractivity (Wildman–Crippen MR) is 59.8 cm³/mol. The Labute approximate surface area is 97.2 Å². The van der Waals surface area contributed by atoms with Crippen LogP contribution in [0, 0.1) is 15.9 Å². The van der Waals surface area contributed by atoms with E-state index in [0.717, 1.165) is 6.07 Å². The Morgan fingerprint density at radius 1 is 1.65 bits per heavy atom. The maximum Gasteiger partial charge on any atom is 0.313 e. The number of nitro groups is 1. The van der Waals surface area contributed by atoms with Gasteiger partial charge < -0.3 is 15.2 Å². The van der Waals surface area contributed by atoms with E-state index in [-0.39, 0.29) is 18.0 Å². The number of benzene rings is 1. The van der Waals surface area contributed by atoms with Crippen LogP contribution in [0.2, 0.25) is 0 Å². The summed E-state index contributed by atoms with van der Waals surface area (Å²) in [5, 5.41) is 22.3. The van der Waals surface area contributed by atoms with Crippen LogP contribution in [0.3, 0.4) is 0 Å². The molecule has 0 spiro atoms. The summed E-state index contributed by atoms with van der Waals surface area (Å²) in [5.74, 6) is -0.803. The molecule has 0 saturated carbocycles. The lowest BCUT2D eigenvalue weighted by Gasteiger charge is -2.11. The molecule has 1 aromatic rings. The number of methoxy groups -OCH3 is 1. The molecule has 6 nitrogen and oxygen atoms in total. The van der Waals surface area contributed by atoms with Gasteiger partial charge in [0.15, 0.2) is 11.6 Å². The summed E-state index contributed by atoms with van der Waals surface area (Å²) in [4.78, 5) is 9.89. The van der Waals surface area contributed by atoms with Crippen molar-refractivity contribution in [2.45, 2.75) is 13.0 Å². The molecular weight excluding hydrogens is 231 g/mol. The van der Waals surface area contributed by atoms with Gasteiger partial charge in [-0.2, -0.15) is 0 Å². The molecule has 0 saturated heterocycles. The fraction of sp³-hybridized carbons (Fsp3) is 0.400. The van der Waals surface area contributed by atoms with Crippen molar-refractivity contribution in [3.05, 3.63) is 28.1 Å². The molecule has 94 valence electrons. The topological polar surface area (TPSA) is 84.6 Å². The largest absolute Gasteiger partial charge is 0.490 e. The van der Waals surface area contributed by atoms with Crippen molar-refractivity contribution >= 4 is 11.4 Å². The molecular formula is C10H13FN2O4. The van der Waals surface area contributed by atoms with Gasteiger partial charge in [0.1, 0.15) is 0 Å². The van der Waals surface area contributed by atoms with Crippen LogP contribution < -0.4 is 10.1 Å². The second-order valence-electron chi connectivity index (χ2n) is 3.49. The second-order valence-corrected chi connectivity index (χ2v) is 3.49. The zero-order valence-electron chi connectivity index (χ0n) is 9.44. The van der Waals surface area contributed by atoms with E-state index < -0.39 is 22.5 Å². The molecule has 0 heterocycles. The number of nitrogens with zero attached hydrogens (tertiary/aromatic N) is 1. The smallest absolute Gasteiger partial charge is 0.313 e. The fourth-order valence-electron chi connectivity index (χ4n) is 1.24. The average Bonchev–Trinajstić information content (AvgIpc) is 2.26. The Morgan fingerprint density at radius 3 is 2.76 bits per heavy atom. The molecule has 1 aromatic carbocycles. The van der Waals surface area contributed by atoms with Crippen LogP contribution in [0.25, 0.3) is 0 Å². The van der Waals surface area contributed by atoms with Gasteiger partial charge in [0, 0.05) is 12.6 Å². The lowest BCUT2D eigenvalue weighted by atomic mass is 10.2. The third kappa shape index (κ3) is 3.28. The standard InChI is InChI=1S/C10H13FN2O4/c1-6(14)5-12-8-4-10(17-2)9(13(15)16)3-7(8)11/h3-4,6,12,14H,5H2,1-2H3. The highest BCUT2D eigenvalue weighted by atomic mass is 19.1. The first-order valence-electron chi connectivity index (χ1n) is 4.89. The number of halogens is 1. The predicted octanol–water partition coefficient (Wildman–Crippen LogP) is 1.54. The molecule has 1 rings (SSSR count). The summed E-state index contributed by atoms with van der Waals surface area (Å²) in [6, 6.07) is 1.97.